The molecule has 1 heterocycles. The Morgan fingerprint density at radius 2 is 1.85 bits per heavy atom. The lowest BCUT2D eigenvalue weighted by Crippen LogP contribution is -2.18. The molecule has 2 aromatic carbocycles. The van der Waals surface area contributed by atoms with Gasteiger partial charge in [-0.05, 0) is 61.8 Å². The Kier molecular flexibility index (Phi) is 5.37. The van der Waals surface area contributed by atoms with Gasteiger partial charge in [-0.15, -0.1) is 0 Å². The molecule has 3 aromatic rings. The zero-order valence-electron chi connectivity index (χ0n) is 15.4. The van der Waals surface area contributed by atoms with Crippen molar-refractivity contribution in [3.63, 3.8) is 0 Å². The lowest BCUT2D eigenvalue weighted by Gasteiger charge is -2.13. The summed E-state index contributed by atoms with van der Waals surface area (Å²) in [7, 11) is 0. The first kappa shape index (κ1) is 18.8. The van der Waals surface area contributed by atoms with Crippen molar-refractivity contribution in [1.82, 2.24) is 9.55 Å². The summed E-state index contributed by atoms with van der Waals surface area (Å²) in [5, 5.41) is 10.7. The molecule has 3 rings (SSSR count). The molecule has 27 heavy (non-hydrogen) atoms. The van der Waals surface area contributed by atoms with Crippen molar-refractivity contribution in [3.8, 4) is 11.6 Å². The maximum absolute atomic E-state index is 12.3. The van der Waals surface area contributed by atoms with Gasteiger partial charge >= 0.3 is 0 Å². The van der Waals surface area contributed by atoms with Gasteiger partial charge in [-0.25, -0.2) is 0 Å². The number of H-pyrrole nitrogens is 1. The summed E-state index contributed by atoms with van der Waals surface area (Å²) >= 11 is 5.26. The number of aromatic amines is 1. The van der Waals surface area contributed by atoms with Crippen LogP contribution in [-0.4, -0.2) is 20.9 Å². The number of rotatable bonds is 4. The van der Waals surface area contributed by atoms with Gasteiger partial charge in [0, 0.05) is 6.21 Å². The van der Waals surface area contributed by atoms with Crippen LogP contribution >= 0.6 is 12.2 Å². The average Bonchev–Trinajstić information content (AvgIpc) is 2.64. The summed E-state index contributed by atoms with van der Waals surface area (Å²) in [6.07, 6.45) is 1.40. The van der Waals surface area contributed by atoms with E-state index in [1.165, 1.54) is 10.8 Å². The molecule has 0 fully saturated rings. The number of benzene rings is 2. The SMILES string of the molecule is Cc1ccc(-n2c(O)c(C=N[C@H](C)c3ccccc3)c(=O)[nH]c2=S)cc1C. The summed E-state index contributed by atoms with van der Waals surface area (Å²) < 4.78 is 1.58. The normalized spacial score (nSPS) is 12.4. The molecule has 138 valence electrons. The third kappa shape index (κ3) is 3.90. The fraction of sp³-hybridized carbons (Fsp3) is 0.190. The molecule has 0 amide bonds. The zero-order valence-corrected chi connectivity index (χ0v) is 16.2. The van der Waals surface area contributed by atoms with Crippen molar-refractivity contribution in [3.05, 3.63) is 85.9 Å². The number of nitrogens with one attached hydrogen (secondary N) is 1. The number of hydrogen-bond donors (Lipinski definition) is 2. The summed E-state index contributed by atoms with van der Waals surface area (Å²) in [4.78, 5) is 19.4. The maximum atomic E-state index is 12.3. The average molecular weight is 379 g/mol. The largest absolute Gasteiger partial charge is 0.494 e. The first-order chi connectivity index (χ1) is 12.9. The number of nitrogens with zero attached hydrogens (tertiary/aromatic N) is 2. The van der Waals surface area contributed by atoms with Gasteiger partial charge in [-0.1, -0.05) is 36.4 Å². The second-order valence-corrected chi connectivity index (χ2v) is 6.85. The van der Waals surface area contributed by atoms with E-state index in [9.17, 15) is 9.90 Å². The van der Waals surface area contributed by atoms with Gasteiger partial charge < -0.3 is 5.11 Å². The third-order valence-electron chi connectivity index (χ3n) is 4.58. The predicted molar refractivity (Wildman–Crippen MR) is 111 cm³/mol. The third-order valence-corrected chi connectivity index (χ3v) is 4.86. The molecule has 5 nitrogen and oxygen atoms in total. The molecule has 0 spiro atoms. The van der Waals surface area contributed by atoms with Crippen molar-refractivity contribution in [2.75, 3.05) is 0 Å². The van der Waals surface area contributed by atoms with Crippen molar-refractivity contribution < 1.29 is 5.11 Å². The van der Waals surface area contributed by atoms with E-state index >= 15 is 0 Å². The minimum Gasteiger partial charge on any atom is -0.494 e. The molecule has 0 saturated heterocycles. The number of aryl methyl sites for hydroxylation is 2. The highest BCUT2D eigenvalue weighted by Gasteiger charge is 2.13. The standard InChI is InChI=1S/C21H21N3O2S/c1-13-9-10-17(11-14(13)2)24-20(26)18(19(25)23-21(24)27)12-22-15(3)16-7-5-4-6-8-16/h4-12,15,26H,1-3H3,(H,23,25,27)/t15-/m1/s1. The summed E-state index contributed by atoms with van der Waals surface area (Å²) in [5.41, 5.74) is 3.50. The van der Waals surface area contributed by atoms with Crippen LogP contribution in [0.15, 0.2) is 58.3 Å². The second-order valence-electron chi connectivity index (χ2n) is 6.47. The van der Waals surface area contributed by atoms with Gasteiger partial charge in [0.2, 0.25) is 5.88 Å². The molecule has 1 aromatic heterocycles. The van der Waals surface area contributed by atoms with Gasteiger partial charge in [-0.2, -0.15) is 0 Å². The van der Waals surface area contributed by atoms with Crippen LogP contribution in [0.4, 0.5) is 0 Å². The smallest absolute Gasteiger partial charge is 0.264 e. The Labute approximate surface area is 162 Å². The van der Waals surface area contributed by atoms with Crippen LogP contribution in [0.5, 0.6) is 5.88 Å². The van der Waals surface area contributed by atoms with E-state index < -0.39 is 5.56 Å². The number of aromatic hydroxyl groups is 1. The van der Waals surface area contributed by atoms with Crippen LogP contribution in [0.3, 0.4) is 0 Å². The van der Waals surface area contributed by atoms with Crippen LogP contribution in [0.2, 0.25) is 0 Å². The number of hydrogen-bond acceptors (Lipinski definition) is 4. The molecule has 0 radical (unpaired) electrons. The molecule has 0 bridgehead atoms. The number of aromatic nitrogens is 2. The van der Waals surface area contributed by atoms with Crippen LogP contribution in [-0.2, 0) is 0 Å². The predicted octanol–water partition coefficient (Wildman–Crippen LogP) is 4.40. The van der Waals surface area contributed by atoms with E-state index in [2.05, 4.69) is 9.98 Å². The molecule has 0 unspecified atom stereocenters. The van der Waals surface area contributed by atoms with Crippen LogP contribution < -0.4 is 5.56 Å². The molecule has 0 aliphatic rings. The molecule has 0 aliphatic carbocycles. The van der Waals surface area contributed by atoms with Gasteiger partial charge in [0.15, 0.2) is 4.77 Å². The lowest BCUT2D eigenvalue weighted by atomic mass is 10.1. The first-order valence-corrected chi connectivity index (χ1v) is 9.03. The van der Waals surface area contributed by atoms with E-state index in [-0.39, 0.29) is 22.3 Å². The van der Waals surface area contributed by atoms with Crippen LogP contribution in [0, 0.1) is 18.6 Å². The van der Waals surface area contributed by atoms with Gasteiger partial charge in [0.05, 0.1) is 11.7 Å². The maximum Gasteiger partial charge on any atom is 0.264 e. The second kappa shape index (κ2) is 7.72. The fourth-order valence-electron chi connectivity index (χ4n) is 2.76. The van der Waals surface area contributed by atoms with Gasteiger partial charge in [0.1, 0.15) is 5.56 Å². The molecule has 0 saturated carbocycles. The Bertz CT molecular complexity index is 1110. The Hall–Kier alpha value is -2.99. The summed E-state index contributed by atoms with van der Waals surface area (Å²) in [5.74, 6) is -0.226. The molecule has 6 heteroatoms. The fourth-order valence-corrected chi connectivity index (χ4v) is 3.05. The summed E-state index contributed by atoms with van der Waals surface area (Å²) in [6.45, 7) is 5.92. The molecule has 0 aliphatic heterocycles. The van der Waals surface area contributed by atoms with Crippen molar-refractivity contribution in [2.24, 2.45) is 4.99 Å². The van der Waals surface area contributed by atoms with E-state index in [4.69, 9.17) is 12.2 Å². The monoisotopic (exact) mass is 379 g/mol. The van der Waals surface area contributed by atoms with E-state index in [0.717, 1.165) is 16.7 Å². The highest BCUT2D eigenvalue weighted by molar-refractivity contribution is 7.71. The summed E-state index contributed by atoms with van der Waals surface area (Å²) in [6, 6.07) is 15.3. The highest BCUT2D eigenvalue weighted by Crippen LogP contribution is 2.22. The Balaban J connectivity index is 2.07. The molecular formula is C21H21N3O2S. The van der Waals surface area contributed by atoms with Crippen LogP contribution in [0.25, 0.3) is 5.69 Å². The van der Waals surface area contributed by atoms with Gasteiger partial charge in [-0.3, -0.25) is 19.3 Å². The van der Waals surface area contributed by atoms with E-state index in [1.807, 2.05) is 69.3 Å². The first-order valence-electron chi connectivity index (χ1n) is 8.62. The van der Waals surface area contributed by atoms with E-state index in [1.54, 1.807) is 0 Å². The van der Waals surface area contributed by atoms with Crippen molar-refractivity contribution in [2.45, 2.75) is 26.8 Å². The lowest BCUT2D eigenvalue weighted by molar-refractivity contribution is 0.432. The zero-order chi connectivity index (χ0) is 19.6. The van der Waals surface area contributed by atoms with Gasteiger partial charge in [0.25, 0.3) is 5.56 Å². The molecule has 1 atom stereocenters. The Morgan fingerprint density at radius 3 is 2.52 bits per heavy atom. The molecule has 2 N–H and O–H groups in total. The Morgan fingerprint density at radius 1 is 1.15 bits per heavy atom. The van der Waals surface area contributed by atoms with Crippen molar-refractivity contribution >= 4 is 18.4 Å². The molecular weight excluding hydrogens is 358 g/mol. The van der Waals surface area contributed by atoms with Crippen molar-refractivity contribution in [1.29, 1.82) is 0 Å². The quantitative estimate of drug-likeness (QED) is 0.521. The minimum absolute atomic E-state index is 0.0737. The van der Waals surface area contributed by atoms with Crippen LogP contribution in [0.1, 0.15) is 35.2 Å². The number of aliphatic imine (C=N–C) groups is 1. The topological polar surface area (TPSA) is 70.4 Å². The minimum atomic E-state index is -0.471. The van der Waals surface area contributed by atoms with E-state index in [0.29, 0.717) is 5.69 Å². The highest BCUT2D eigenvalue weighted by atomic mass is 32.1.